The zero-order valence-electron chi connectivity index (χ0n) is 21.3. The molecular weight excluding hydrogens is 440 g/mol. The average molecular weight is 477 g/mol. The van der Waals surface area contributed by atoms with E-state index in [4.69, 9.17) is 14.3 Å². The quantitative estimate of drug-likeness (QED) is 0.394. The summed E-state index contributed by atoms with van der Waals surface area (Å²) in [6, 6.07) is 6.42. The minimum absolute atomic E-state index is 0.0655. The maximum atomic E-state index is 13.2. The topological polar surface area (TPSA) is 102 Å². The summed E-state index contributed by atoms with van der Waals surface area (Å²) in [4.78, 5) is 57.6. The predicted molar refractivity (Wildman–Crippen MR) is 125 cm³/mol. The monoisotopic (exact) mass is 476 g/mol. The maximum absolute atomic E-state index is 13.2. The number of aldehydes is 1. The Balaban J connectivity index is 2.28. The molecule has 0 aliphatic carbocycles. The van der Waals surface area contributed by atoms with Gasteiger partial charge < -0.3 is 14.3 Å². The van der Waals surface area contributed by atoms with Crippen LogP contribution < -0.4 is 0 Å². The van der Waals surface area contributed by atoms with Crippen molar-refractivity contribution in [1.82, 2.24) is 9.96 Å². The van der Waals surface area contributed by atoms with E-state index in [1.165, 1.54) is 4.90 Å². The number of amides is 3. The van der Waals surface area contributed by atoms with Gasteiger partial charge in [-0.3, -0.25) is 19.3 Å². The highest BCUT2D eigenvalue weighted by molar-refractivity contribution is 6.20. The molecule has 0 saturated carbocycles. The van der Waals surface area contributed by atoms with Gasteiger partial charge in [0, 0.05) is 0 Å². The number of carbonyl (C=O) groups excluding carboxylic acids is 4. The molecule has 1 aliphatic rings. The maximum Gasteiger partial charge on any atom is 0.411 e. The van der Waals surface area contributed by atoms with E-state index in [-0.39, 0.29) is 36.8 Å². The number of hydroxylamine groups is 2. The fraction of sp³-hybridized carbons (Fsp3) is 0.600. The molecule has 3 amide bonds. The number of hydrogen-bond acceptors (Lipinski definition) is 7. The summed E-state index contributed by atoms with van der Waals surface area (Å²) in [7, 11) is 0. The molecule has 1 aromatic rings. The van der Waals surface area contributed by atoms with Crippen LogP contribution in [0.3, 0.4) is 0 Å². The number of fused-ring (bicyclic) bond motifs is 1. The second-order valence-corrected chi connectivity index (χ2v) is 10.6. The molecule has 0 unspecified atom stereocenters. The first kappa shape index (κ1) is 27.5. The van der Waals surface area contributed by atoms with Crippen LogP contribution >= 0.6 is 0 Å². The summed E-state index contributed by atoms with van der Waals surface area (Å²) in [6.07, 6.45) is -0.0354. The standard InChI is InChI=1S/C25H36N2O7/c1-17(2)25(15-28,16-32-23(3,4)5)26(22(31)34-24(6,7)8)13-14-33-27-20(29)18-11-9-10-12-19(18)21(27)30/h9-12,15,17H,13-14,16H2,1-8H3/t25-/m0/s1. The number of carbonyl (C=O) groups is 4. The molecule has 0 radical (unpaired) electrons. The lowest BCUT2D eigenvalue weighted by atomic mass is 9.86. The van der Waals surface area contributed by atoms with E-state index in [1.54, 1.807) is 45.0 Å². The summed E-state index contributed by atoms with van der Waals surface area (Å²) in [5.74, 6) is -1.49. The summed E-state index contributed by atoms with van der Waals surface area (Å²) < 4.78 is 11.5. The van der Waals surface area contributed by atoms with Crippen molar-refractivity contribution in [3.63, 3.8) is 0 Å². The minimum Gasteiger partial charge on any atom is -0.444 e. The van der Waals surface area contributed by atoms with Crippen molar-refractivity contribution < 1.29 is 33.5 Å². The Morgan fingerprint density at radius 1 is 1.00 bits per heavy atom. The highest BCUT2D eigenvalue weighted by Gasteiger charge is 2.46. The molecule has 9 heteroatoms. The van der Waals surface area contributed by atoms with Crippen molar-refractivity contribution >= 4 is 24.2 Å². The van der Waals surface area contributed by atoms with Crippen molar-refractivity contribution in [2.24, 2.45) is 5.92 Å². The van der Waals surface area contributed by atoms with Crippen molar-refractivity contribution in [2.75, 3.05) is 19.8 Å². The zero-order chi connectivity index (χ0) is 25.9. The molecule has 0 saturated heterocycles. The molecular formula is C25H36N2O7. The van der Waals surface area contributed by atoms with Gasteiger partial charge in [-0.15, -0.1) is 5.06 Å². The van der Waals surface area contributed by atoms with Crippen molar-refractivity contribution in [1.29, 1.82) is 0 Å². The van der Waals surface area contributed by atoms with E-state index < -0.39 is 34.6 Å². The van der Waals surface area contributed by atoms with Gasteiger partial charge in [0.1, 0.15) is 17.4 Å². The molecule has 1 atom stereocenters. The third-order valence-corrected chi connectivity index (χ3v) is 5.35. The van der Waals surface area contributed by atoms with Crippen molar-refractivity contribution in [3.8, 4) is 0 Å². The number of ether oxygens (including phenoxy) is 2. The van der Waals surface area contributed by atoms with Gasteiger partial charge >= 0.3 is 6.09 Å². The number of imide groups is 1. The fourth-order valence-corrected chi connectivity index (χ4v) is 3.42. The first-order chi connectivity index (χ1) is 15.6. The average Bonchev–Trinajstić information content (AvgIpc) is 2.95. The minimum atomic E-state index is -1.36. The molecule has 0 fully saturated rings. The molecule has 0 N–H and O–H groups in total. The van der Waals surface area contributed by atoms with Crippen LogP contribution in [0, 0.1) is 5.92 Å². The van der Waals surface area contributed by atoms with Gasteiger partial charge in [-0.25, -0.2) is 4.79 Å². The molecule has 34 heavy (non-hydrogen) atoms. The third-order valence-electron chi connectivity index (χ3n) is 5.35. The van der Waals surface area contributed by atoms with Crippen LogP contribution in [0.4, 0.5) is 4.79 Å². The van der Waals surface area contributed by atoms with Crippen LogP contribution in [0.5, 0.6) is 0 Å². The zero-order valence-corrected chi connectivity index (χ0v) is 21.3. The van der Waals surface area contributed by atoms with Crippen LogP contribution in [-0.2, 0) is 19.1 Å². The Bertz CT molecular complexity index is 895. The van der Waals surface area contributed by atoms with Crippen LogP contribution in [0.2, 0.25) is 0 Å². The highest BCUT2D eigenvalue weighted by Crippen LogP contribution is 2.29. The van der Waals surface area contributed by atoms with Gasteiger partial charge in [-0.1, -0.05) is 26.0 Å². The van der Waals surface area contributed by atoms with E-state index >= 15 is 0 Å². The van der Waals surface area contributed by atoms with Gasteiger partial charge in [0.15, 0.2) is 0 Å². The van der Waals surface area contributed by atoms with Gasteiger partial charge in [0.05, 0.1) is 36.5 Å². The first-order valence-corrected chi connectivity index (χ1v) is 11.3. The molecule has 2 rings (SSSR count). The Hall–Kier alpha value is -2.78. The Morgan fingerprint density at radius 2 is 1.53 bits per heavy atom. The van der Waals surface area contributed by atoms with Crippen molar-refractivity contribution in [2.45, 2.75) is 72.1 Å². The highest BCUT2D eigenvalue weighted by atomic mass is 16.7. The summed E-state index contributed by atoms with van der Waals surface area (Å²) in [5.41, 5.74) is -2.23. The SMILES string of the molecule is CC(C)[C@](C=O)(COC(C)(C)C)N(CCON1C(=O)c2ccccc2C1=O)C(=O)OC(C)(C)C. The number of hydrogen-bond donors (Lipinski definition) is 0. The lowest BCUT2D eigenvalue weighted by molar-refractivity contribution is -0.139. The van der Waals surface area contributed by atoms with Gasteiger partial charge in [-0.2, -0.15) is 0 Å². The fourth-order valence-electron chi connectivity index (χ4n) is 3.42. The lowest BCUT2D eigenvalue weighted by Gasteiger charge is -2.44. The second kappa shape index (κ2) is 10.2. The van der Waals surface area contributed by atoms with Gasteiger partial charge in [0.25, 0.3) is 11.8 Å². The van der Waals surface area contributed by atoms with Crippen LogP contribution in [0.1, 0.15) is 76.1 Å². The van der Waals surface area contributed by atoms with E-state index in [2.05, 4.69) is 0 Å². The molecule has 0 spiro atoms. The lowest BCUT2D eigenvalue weighted by Crippen LogP contribution is -2.61. The van der Waals surface area contributed by atoms with Crippen LogP contribution in [0.15, 0.2) is 24.3 Å². The van der Waals surface area contributed by atoms with Crippen molar-refractivity contribution in [3.05, 3.63) is 35.4 Å². The molecule has 1 heterocycles. The van der Waals surface area contributed by atoms with Gasteiger partial charge in [0.2, 0.25) is 0 Å². The van der Waals surface area contributed by atoms with Crippen LogP contribution in [-0.4, -0.2) is 70.7 Å². The molecule has 0 bridgehead atoms. The number of nitrogens with zero attached hydrogens (tertiary/aromatic N) is 2. The smallest absolute Gasteiger partial charge is 0.411 e. The van der Waals surface area contributed by atoms with E-state index in [0.717, 1.165) is 0 Å². The summed E-state index contributed by atoms with van der Waals surface area (Å²) in [5, 5.41) is 0.682. The number of rotatable bonds is 9. The molecule has 0 aromatic heterocycles. The molecule has 1 aliphatic heterocycles. The molecule has 9 nitrogen and oxygen atoms in total. The Kier molecular flexibility index (Phi) is 8.26. The number of benzene rings is 1. The van der Waals surface area contributed by atoms with E-state index in [9.17, 15) is 19.2 Å². The molecule has 188 valence electrons. The van der Waals surface area contributed by atoms with Gasteiger partial charge in [-0.05, 0) is 59.6 Å². The normalized spacial score (nSPS) is 15.9. The Morgan fingerprint density at radius 3 is 1.94 bits per heavy atom. The largest absolute Gasteiger partial charge is 0.444 e. The Labute approximate surface area is 201 Å². The van der Waals surface area contributed by atoms with Crippen LogP contribution in [0.25, 0.3) is 0 Å². The third kappa shape index (κ3) is 6.21. The predicted octanol–water partition coefficient (Wildman–Crippen LogP) is 3.86. The molecule has 1 aromatic carbocycles. The first-order valence-electron chi connectivity index (χ1n) is 11.3. The summed E-state index contributed by atoms with van der Waals surface area (Å²) in [6.45, 7) is 13.9. The summed E-state index contributed by atoms with van der Waals surface area (Å²) >= 11 is 0. The van der Waals surface area contributed by atoms with E-state index in [0.29, 0.717) is 11.3 Å². The second-order valence-electron chi connectivity index (χ2n) is 10.6. The van der Waals surface area contributed by atoms with E-state index in [1.807, 2.05) is 34.6 Å².